The average Bonchev–Trinajstić information content (AvgIpc) is 2.70. The molecule has 0 bridgehead atoms. The molecule has 0 radical (unpaired) electrons. The van der Waals surface area contributed by atoms with Gasteiger partial charge in [-0.3, -0.25) is 4.79 Å². The van der Waals surface area contributed by atoms with Crippen LogP contribution in [-0.4, -0.2) is 17.4 Å². The molecule has 0 amide bonds. The zero-order valence-corrected chi connectivity index (χ0v) is 14.3. The lowest BCUT2D eigenvalue weighted by molar-refractivity contribution is -0.110. The summed E-state index contributed by atoms with van der Waals surface area (Å²) in [4.78, 5) is 12.4. The summed E-state index contributed by atoms with van der Waals surface area (Å²) in [6.07, 6.45) is 0. The first-order valence-corrected chi connectivity index (χ1v) is 8.46. The zero-order valence-electron chi connectivity index (χ0n) is 13.5. The highest BCUT2D eigenvalue weighted by molar-refractivity contribution is 6.53. The summed E-state index contributed by atoms with van der Waals surface area (Å²) in [5.41, 5.74) is 2.81. The van der Waals surface area contributed by atoms with Gasteiger partial charge in [-0.05, 0) is 24.3 Å². The topological polar surface area (TPSA) is 32.7 Å². The van der Waals surface area contributed by atoms with Gasteiger partial charge in [0.2, 0.25) is 0 Å². The maximum absolute atomic E-state index is 12.4. The maximum Gasteiger partial charge on any atom is 0.198 e. The zero-order chi connectivity index (χ0) is 17.5. The number of para-hydroxylation sites is 2. The highest BCUT2D eigenvalue weighted by Crippen LogP contribution is 2.26. The number of hydrazone groups is 1. The predicted octanol–water partition coefficient (Wildman–Crippen LogP) is 5.04. The Morgan fingerprint density at radius 3 is 1.64 bits per heavy atom. The Kier molecular flexibility index (Phi) is 5.60. The third-order valence-corrected chi connectivity index (χ3v) is 3.88. The van der Waals surface area contributed by atoms with Crippen molar-refractivity contribution in [1.82, 2.24) is 0 Å². The van der Waals surface area contributed by atoms with Gasteiger partial charge in [0, 0.05) is 5.56 Å². The van der Waals surface area contributed by atoms with Crippen molar-refractivity contribution in [2.24, 2.45) is 5.10 Å². The van der Waals surface area contributed by atoms with E-state index in [2.05, 4.69) is 5.10 Å². The van der Waals surface area contributed by atoms with E-state index in [-0.39, 0.29) is 11.7 Å². The first-order valence-electron chi connectivity index (χ1n) is 7.93. The number of carbonyl (C=O) groups is 1. The van der Waals surface area contributed by atoms with E-state index in [4.69, 9.17) is 11.6 Å². The second-order valence-electron chi connectivity index (χ2n) is 5.35. The van der Waals surface area contributed by atoms with Gasteiger partial charge in [0.1, 0.15) is 5.71 Å². The largest absolute Gasteiger partial charge is 0.291 e. The number of carbonyl (C=O) groups excluding carboxylic acids is 1. The summed E-state index contributed by atoms with van der Waals surface area (Å²) in [5.74, 6) is -0.338. The first-order chi connectivity index (χ1) is 12.3. The van der Waals surface area contributed by atoms with Gasteiger partial charge in [-0.1, -0.05) is 66.7 Å². The fourth-order valence-corrected chi connectivity index (χ4v) is 2.56. The molecule has 0 atom stereocenters. The molecule has 0 saturated carbocycles. The third-order valence-electron chi connectivity index (χ3n) is 3.63. The molecule has 0 fully saturated rings. The molecule has 3 aromatic carbocycles. The van der Waals surface area contributed by atoms with Gasteiger partial charge in [0.15, 0.2) is 5.78 Å². The number of benzene rings is 3. The first kappa shape index (κ1) is 16.9. The van der Waals surface area contributed by atoms with Crippen molar-refractivity contribution in [3.05, 3.63) is 96.6 Å². The minimum atomic E-state index is -0.218. The number of rotatable bonds is 6. The van der Waals surface area contributed by atoms with E-state index in [1.807, 2.05) is 91.0 Å². The van der Waals surface area contributed by atoms with Gasteiger partial charge in [-0.25, -0.2) is 5.01 Å². The second-order valence-corrected chi connectivity index (χ2v) is 5.62. The molecule has 4 heteroatoms. The van der Waals surface area contributed by atoms with Crippen molar-refractivity contribution in [3.63, 3.8) is 0 Å². The Balaban J connectivity index is 2.14. The van der Waals surface area contributed by atoms with Crippen LogP contribution in [0.4, 0.5) is 11.4 Å². The summed E-state index contributed by atoms with van der Waals surface area (Å²) in [6.45, 7) is 0. The van der Waals surface area contributed by atoms with Gasteiger partial charge in [0.25, 0.3) is 0 Å². The normalized spacial score (nSPS) is 11.2. The van der Waals surface area contributed by atoms with E-state index in [0.29, 0.717) is 5.71 Å². The molecule has 124 valence electrons. The lowest BCUT2D eigenvalue weighted by Gasteiger charge is -2.21. The van der Waals surface area contributed by atoms with E-state index in [1.165, 1.54) is 0 Å². The fourth-order valence-electron chi connectivity index (χ4n) is 2.44. The van der Waals surface area contributed by atoms with Crippen LogP contribution in [0.5, 0.6) is 0 Å². The Morgan fingerprint density at radius 1 is 0.760 bits per heavy atom. The summed E-state index contributed by atoms with van der Waals surface area (Å²) in [7, 11) is 0. The van der Waals surface area contributed by atoms with Crippen molar-refractivity contribution < 1.29 is 4.79 Å². The smallest absolute Gasteiger partial charge is 0.198 e. The summed E-state index contributed by atoms with van der Waals surface area (Å²) in [6, 6.07) is 28.8. The SMILES string of the molecule is O=C(CCl)/C(=N/N(c1ccccc1)c1ccccc1)c1ccccc1. The molecule has 0 unspecified atom stereocenters. The van der Waals surface area contributed by atoms with Gasteiger partial charge < -0.3 is 0 Å². The number of halogens is 1. The quantitative estimate of drug-likeness (QED) is 0.355. The molecule has 25 heavy (non-hydrogen) atoms. The van der Waals surface area contributed by atoms with Crippen molar-refractivity contribution in [1.29, 1.82) is 0 Å². The Hall–Kier alpha value is -2.91. The fraction of sp³-hybridized carbons (Fsp3) is 0.0476. The van der Waals surface area contributed by atoms with Crippen LogP contribution in [0.25, 0.3) is 0 Å². The number of hydrogen-bond acceptors (Lipinski definition) is 3. The van der Waals surface area contributed by atoms with Crippen LogP contribution in [0.3, 0.4) is 0 Å². The van der Waals surface area contributed by atoms with Gasteiger partial charge in [-0.2, -0.15) is 5.10 Å². The maximum atomic E-state index is 12.4. The van der Waals surface area contributed by atoms with E-state index < -0.39 is 0 Å². The van der Waals surface area contributed by atoms with Crippen LogP contribution < -0.4 is 5.01 Å². The predicted molar refractivity (Wildman–Crippen MR) is 104 cm³/mol. The molecular weight excluding hydrogens is 332 g/mol. The Bertz CT molecular complexity index is 809. The molecule has 3 aromatic rings. The molecule has 0 N–H and O–H groups in total. The standard InChI is InChI=1S/C21H17ClN2O/c22-16-20(25)21(17-10-4-1-5-11-17)23-24(18-12-6-2-7-13-18)19-14-8-3-9-15-19/h1-15H,16H2/b23-21+. The van der Waals surface area contributed by atoms with Crippen molar-refractivity contribution in [2.75, 3.05) is 10.9 Å². The molecule has 0 aliphatic rings. The molecule has 0 spiro atoms. The molecule has 0 aliphatic heterocycles. The third kappa shape index (κ3) is 4.14. The minimum absolute atomic E-state index is 0.120. The lowest BCUT2D eigenvalue weighted by Crippen LogP contribution is -2.22. The summed E-state index contributed by atoms with van der Waals surface area (Å²) < 4.78 is 0. The second kappa shape index (κ2) is 8.27. The van der Waals surface area contributed by atoms with E-state index >= 15 is 0 Å². The van der Waals surface area contributed by atoms with Crippen molar-refractivity contribution in [2.45, 2.75) is 0 Å². The summed E-state index contributed by atoms with van der Waals surface area (Å²) >= 11 is 5.82. The highest BCUT2D eigenvalue weighted by atomic mass is 35.5. The van der Waals surface area contributed by atoms with Crippen molar-refractivity contribution >= 4 is 34.5 Å². The number of anilines is 2. The molecule has 0 saturated heterocycles. The molecular formula is C21H17ClN2O. The van der Waals surface area contributed by atoms with Gasteiger partial charge in [0.05, 0.1) is 17.3 Å². The number of alkyl halides is 1. The van der Waals surface area contributed by atoms with E-state index in [1.54, 1.807) is 5.01 Å². The summed E-state index contributed by atoms with van der Waals surface area (Å²) in [5, 5.41) is 6.43. The lowest BCUT2D eigenvalue weighted by atomic mass is 10.1. The monoisotopic (exact) mass is 348 g/mol. The van der Waals surface area contributed by atoms with Crippen LogP contribution >= 0.6 is 11.6 Å². The van der Waals surface area contributed by atoms with Crippen molar-refractivity contribution in [3.8, 4) is 0 Å². The molecule has 0 aromatic heterocycles. The molecule has 0 aliphatic carbocycles. The number of nitrogens with zero attached hydrogens (tertiary/aromatic N) is 2. The van der Waals surface area contributed by atoms with Crippen LogP contribution in [0.15, 0.2) is 96.1 Å². The average molecular weight is 349 g/mol. The number of ketones is 1. The number of Topliss-reactive ketones (excluding diaryl/α,β-unsaturated/α-hetero) is 1. The molecule has 3 nitrogen and oxygen atoms in total. The van der Waals surface area contributed by atoms with Crippen LogP contribution in [0.2, 0.25) is 0 Å². The Labute approximate surface area is 152 Å². The molecule has 3 rings (SSSR count). The van der Waals surface area contributed by atoms with Crippen LogP contribution in [-0.2, 0) is 4.79 Å². The van der Waals surface area contributed by atoms with Gasteiger partial charge >= 0.3 is 0 Å². The molecule has 0 heterocycles. The van der Waals surface area contributed by atoms with E-state index in [9.17, 15) is 4.79 Å². The number of hydrogen-bond donors (Lipinski definition) is 0. The van der Waals surface area contributed by atoms with Gasteiger partial charge in [-0.15, -0.1) is 11.6 Å². The van der Waals surface area contributed by atoms with Crippen LogP contribution in [0.1, 0.15) is 5.56 Å². The minimum Gasteiger partial charge on any atom is -0.291 e. The highest BCUT2D eigenvalue weighted by Gasteiger charge is 2.16. The van der Waals surface area contributed by atoms with E-state index in [0.717, 1.165) is 16.9 Å². The van der Waals surface area contributed by atoms with Crippen LogP contribution in [0, 0.1) is 0 Å². The Morgan fingerprint density at radius 2 is 1.20 bits per heavy atom.